The molecule has 0 N–H and O–H groups in total. The van der Waals surface area contributed by atoms with E-state index in [2.05, 4.69) is 278 Å². The van der Waals surface area contributed by atoms with Crippen LogP contribution in [0.3, 0.4) is 0 Å². The Morgan fingerprint density at radius 2 is 0.833 bits per heavy atom. The summed E-state index contributed by atoms with van der Waals surface area (Å²) in [5, 5.41) is 3.43. The molecular formula is C70H46N2. The van der Waals surface area contributed by atoms with Crippen LogP contribution in [0, 0.1) is 0 Å². The van der Waals surface area contributed by atoms with Gasteiger partial charge in [-0.15, -0.1) is 0 Å². The molecule has 0 fully saturated rings. The fourth-order valence-electron chi connectivity index (χ4n) is 11.8. The van der Waals surface area contributed by atoms with Crippen molar-refractivity contribution in [1.29, 1.82) is 0 Å². The Hall–Kier alpha value is -9.37. The standard InChI is InChI=1S/C70H46N2/c1-4-16-48(17-5-1)52-36-40-64-65-41-39-57(45-68(65)70(67(64)44-52,54-19-6-2-7-20-54)55-21-8-3-9-22-55)72(58-43-53-33-32-51-18-10-11-23-59(51)69(53)71-46-58)56-37-34-50(35-38-56)49-30-28-47(29-31-49)42-66-62-26-14-12-24-60(62)61-25-13-15-27-63(61)66/h1-46H. The molecule has 11 aromatic carbocycles. The molecule has 2 heteroatoms. The third-order valence-electron chi connectivity index (χ3n) is 15.1. The van der Waals surface area contributed by atoms with E-state index in [0.717, 1.165) is 38.9 Å². The molecule has 0 unspecified atom stereocenters. The Morgan fingerprint density at radius 3 is 1.50 bits per heavy atom. The lowest BCUT2D eigenvalue weighted by Crippen LogP contribution is -2.28. The van der Waals surface area contributed by atoms with E-state index in [4.69, 9.17) is 4.98 Å². The molecule has 1 aromatic heterocycles. The maximum atomic E-state index is 5.24. The first-order valence-corrected chi connectivity index (χ1v) is 24.8. The number of fused-ring (bicyclic) bond motifs is 9. The van der Waals surface area contributed by atoms with E-state index >= 15 is 0 Å². The van der Waals surface area contributed by atoms with Gasteiger partial charge in [-0.2, -0.15) is 0 Å². The monoisotopic (exact) mass is 914 g/mol. The zero-order chi connectivity index (χ0) is 47.6. The van der Waals surface area contributed by atoms with E-state index in [0.29, 0.717) is 0 Å². The van der Waals surface area contributed by atoms with Crippen molar-refractivity contribution in [2.75, 3.05) is 4.90 Å². The molecule has 72 heavy (non-hydrogen) atoms. The Morgan fingerprint density at radius 1 is 0.333 bits per heavy atom. The van der Waals surface area contributed by atoms with Gasteiger partial charge in [-0.05, 0) is 137 Å². The highest BCUT2D eigenvalue weighted by atomic mass is 15.1. The minimum Gasteiger partial charge on any atom is -0.309 e. The third-order valence-corrected chi connectivity index (χ3v) is 15.1. The first kappa shape index (κ1) is 41.6. The fraction of sp³-hybridized carbons (Fsp3) is 0.0143. The summed E-state index contributed by atoms with van der Waals surface area (Å²) in [5.74, 6) is 0. The number of hydrogen-bond acceptors (Lipinski definition) is 2. The van der Waals surface area contributed by atoms with Crippen molar-refractivity contribution in [3.05, 3.63) is 312 Å². The van der Waals surface area contributed by atoms with Gasteiger partial charge in [-0.1, -0.05) is 231 Å². The van der Waals surface area contributed by atoms with Crippen molar-refractivity contribution in [2.45, 2.75) is 5.41 Å². The number of anilines is 3. The van der Waals surface area contributed by atoms with Gasteiger partial charge in [0.2, 0.25) is 0 Å². The lowest BCUT2D eigenvalue weighted by Gasteiger charge is -2.35. The van der Waals surface area contributed by atoms with Crippen molar-refractivity contribution >= 4 is 50.4 Å². The number of hydrogen-bond donors (Lipinski definition) is 0. The number of rotatable bonds is 8. The maximum Gasteiger partial charge on any atom is 0.0781 e. The lowest BCUT2D eigenvalue weighted by atomic mass is 9.67. The number of aromatic nitrogens is 1. The van der Waals surface area contributed by atoms with E-state index in [1.807, 2.05) is 6.20 Å². The molecule has 12 aromatic rings. The van der Waals surface area contributed by atoms with Crippen molar-refractivity contribution in [2.24, 2.45) is 0 Å². The SMILES string of the molecule is C(=C1c2ccccc2-c2ccccc21)c1ccc(-c2ccc(N(c3ccc4c(c3)C(c3ccccc3)(c3ccccc3)c3cc(-c5ccccc5)ccc3-4)c3cnc4c(ccc5ccccc54)c3)cc2)cc1. The van der Waals surface area contributed by atoms with E-state index in [-0.39, 0.29) is 0 Å². The van der Waals surface area contributed by atoms with E-state index in [1.54, 1.807) is 0 Å². The van der Waals surface area contributed by atoms with Gasteiger partial charge in [0, 0.05) is 22.1 Å². The molecule has 0 bridgehead atoms. The first-order chi connectivity index (χ1) is 35.7. The average Bonchev–Trinajstić information content (AvgIpc) is 3.93. The van der Waals surface area contributed by atoms with Crippen LogP contribution in [-0.2, 0) is 5.41 Å². The highest BCUT2D eigenvalue weighted by Crippen LogP contribution is 2.58. The molecular weight excluding hydrogens is 869 g/mol. The zero-order valence-corrected chi connectivity index (χ0v) is 39.5. The summed E-state index contributed by atoms with van der Waals surface area (Å²) in [5.41, 5.74) is 23.3. The summed E-state index contributed by atoms with van der Waals surface area (Å²) < 4.78 is 0. The quantitative estimate of drug-likeness (QED) is 0.141. The van der Waals surface area contributed by atoms with Crippen LogP contribution >= 0.6 is 0 Å². The summed E-state index contributed by atoms with van der Waals surface area (Å²) in [6.45, 7) is 0. The molecule has 0 aliphatic heterocycles. The molecule has 0 atom stereocenters. The fourth-order valence-corrected chi connectivity index (χ4v) is 11.8. The van der Waals surface area contributed by atoms with Crippen LogP contribution in [-0.4, -0.2) is 4.98 Å². The predicted octanol–water partition coefficient (Wildman–Crippen LogP) is 18.1. The number of benzene rings is 11. The summed E-state index contributed by atoms with van der Waals surface area (Å²) >= 11 is 0. The van der Waals surface area contributed by atoms with Gasteiger partial charge in [-0.25, -0.2) is 0 Å². The number of pyridine rings is 1. The summed E-state index contributed by atoms with van der Waals surface area (Å²) in [6.07, 6.45) is 4.38. The van der Waals surface area contributed by atoms with Gasteiger partial charge >= 0.3 is 0 Å². The van der Waals surface area contributed by atoms with Gasteiger partial charge in [-0.3, -0.25) is 4.98 Å². The molecule has 336 valence electrons. The molecule has 0 saturated carbocycles. The second-order valence-corrected chi connectivity index (χ2v) is 19.0. The van der Waals surface area contributed by atoms with Crippen LogP contribution in [0.2, 0.25) is 0 Å². The van der Waals surface area contributed by atoms with Gasteiger partial charge in [0.15, 0.2) is 0 Å². The summed E-state index contributed by atoms with van der Waals surface area (Å²) in [6, 6.07) is 97.8. The van der Waals surface area contributed by atoms with Gasteiger partial charge in [0.05, 0.1) is 22.8 Å². The highest BCUT2D eigenvalue weighted by Gasteiger charge is 2.46. The Balaban J connectivity index is 0.910. The average molecular weight is 915 g/mol. The molecule has 14 rings (SSSR count). The van der Waals surface area contributed by atoms with Gasteiger partial charge in [0.25, 0.3) is 0 Å². The van der Waals surface area contributed by atoms with Crippen molar-refractivity contribution < 1.29 is 0 Å². The topological polar surface area (TPSA) is 16.1 Å². The van der Waals surface area contributed by atoms with Crippen molar-refractivity contribution in [3.63, 3.8) is 0 Å². The normalized spacial score (nSPS) is 12.8. The van der Waals surface area contributed by atoms with Crippen LogP contribution in [0.15, 0.2) is 273 Å². The summed E-state index contributed by atoms with van der Waals surface area (Å²) in [7, 11) is 0. The molecule has 1 heterocycles. The molecule has 2 aliphatic rings. The van der Waals surface area contributed by atoms with E-state index in [9.17, 15) is 0 Å². The van der Waals surface area contributed by atoms with Crippen LogP contribution in [0.5, 0.6) is 0 Å². The molecule has 0 saturated heterocycles. The highest BCUT2D eigenvalue weighted by molar-refractivity contribution is 6.07. The molecule has 0 radical (unpaired) electrons. The van der Waals surface area contributed by atoms with Crippen LogP contribution < -0.4 is 4.90 Å². The number of nitrogens with zero attached hydrogens (tertiary/aromatic N) is 2. The van der Waals surface area contributed by atoms with E-state index < -0.39 is 5.41 Å². The smallest absolute Gasteiger partial charge is 0.0781 e. The van der Waals surface area contributed by atoms with Crippen LogP contribution in [0.1, 0.15) is 38.9 Å². The summed E-state index contributed by atoms with van der Waals surface area (Å²) in [4.78, 5) is 7.62. The van der Waals surface area contributed by atoms with E-state index in [1.165, 1.54) is 88.8 Å². The maximum absolute atomic E-state index is 5.24. The second kappa shape index (κ2) is 16.9. The molecule has 0 spiro atoms. The van der Waals surface area contributed by atoms with Gasteiger partial charge in [0.1, 0.15) is 0 Å². The Kier molecular flexibility index (Phi) is 9.79. The van der Waals surface area contributed by atoms with Crippen LogP contribution in [0.4, 0.5) is 17.1 Å². The van der Waals surface area contributed by atoms with Crippen molar-refractivity contribution in [1.82, 2.24) is 4.98 Å². The third kappa shape index (κ3) is 6.68. The molecule has 0 amide bonds. The van der Waals surface area contributed by atoms with Crippen molar-refractivity contribution in [3.8, 4) is 44.5 Å². The largest absolute Gasteiger partial charge is 0.309 e. The minimum atomic E-state index is -0.600. The molecule has 2 nitrogen and oxygen atoms in total. The van der Waals surface area contributed by atoms with Crippen LogP contribution in [0.25, 0.3) is 77.8 Å². The zero-order valence-electron chi connectivity index (χ0n) is 39.5. The minimum absolute atomic E-state index is 0.600. The predicted molar refractivity (Wildman–Crippen MR) is 301 cm³/mol. The van der Waals surface area contributed by atoms with Gasteiger partial charge < -0.3 is 4.90 Å². The lowest BCUT2D eigenvalue weighted by molar-refractivity contribution is 0.768. The second-order valence-electron chi connectivity index (χ2n) is 19.0. The Labute approximate surface area is 420 Å². The first-order valence-electron chi connectivity index (χ1n) is 24.8. The Bertz CT molecular complexity index is 3970. The molecule has 2 aliphatic carbocycles.